The highest BCUT2D eigenvalue weighted by atomic mass is 16.5. The molecule has 0 saturated heterocycles. The van der Waals surface area contributed by atoms with Crippen LogP contribution in [0, 0.1) is 5.92 Å². The molecule has 5 nitrogen and oxygen atoms in total. The van der Waals surface area contributed by atoms with E-state index in [0.717, 1.165) is 6.42 Å². The number of benzene rings is 1. The van der Waals surface area contributed by atoms with Gasteiger partial charge in [0, 0.05) is 6.42 Å². The van der Waals surface area contributed by atoms with E-state index in [4.69, 9.17) is 4.74 Å². The summed E-state index contributed by atoms with van der Waals surface area (Å²) in [5, 5.41) is 2.51. The molecular formula is C19H27NO4. The summed E-state index contributed by atoms with van der Waals surface area (Å²) in [5.74, 6) is -0.795. The molecule has 0 aromatic heterocycles. The van der Waals surface area contributed by atoms with E-state index in [0.29, 0.717) is 19.4 Å². The van der Waals surface area contributed by atoms with Gasteiger partial charge >= 0.3 is 5.97 Å². The number of esters is 1. The minimum atomic E-state index is -0.742. The number of amides is 1. The van der Waals surface area contributed by atoms with Crippen LogP contribution in [0.25, 0.3) is 0 Å². The van der Waals surface area contributed by atoms with Gasteiger partial charge in [-0.15, -0.1) is 0 Å². The minimum absolute atomic E-state index is 0.119. The van der Waals surface area contributed by atoms with E-state index in [2.05, 4.69) is 5.32 Å². The molecule has 1 aromatic carbocycles. The highest BCUT2D eigenvalue weighted by Gasteiger charge is 2.18. The monoisotopic (exact) mass is 333 g/mol. The van der Waals surface area contributed by atoms with Crippen molar-refractivity contribution < 1.29 is 19.1 Å². The zero-order valence-electron chi connectivity index (χ0n) is 14.7. The van der Waals surface area contributed by atoms with Gasteiger partial charge < -0.3 is 10.1 Å². The van der Waals surface area contributed by atoms with E-state index < -0.39 is 17.9 Å². The molecule has 0 spiro atoms. The molecule has 1 aromatic rings. The highest BCUT2D eigenvalue weighted by molar-refractivity contribution is 5.99. The normalized spacial score (nSPS) is 11.8. The second-order valence-electron chi connectivity index (χ2n) is 6.37. The van der Waals surface area contributed by atoms with Gasteiger partial charge in [0.25, 0.3) is 0 Å². The molecule has 1 amide bonds. The Morgan fingerprint density at radius 1 is 1.08 bits per heavy atom. The van der Waals surface area contributed by atoms with E-state index in [-0.39, 0.29) is 18.1 Å². The average molecular weight is 333 g/mol. The smallest absolute Gasteiger partial charge is 0.328 e. The van der Waals surface area contributed by atoms with Crippen molar-refractivity contribution in [3.63, 3.8) is 0 Å². The molecule has 1 N–H and O–H groups in total. The van der Waals surface area contributed by atoms with Crippen LogP contribution >= 0.6 is 0 Å². The number of hydrogen-bond acceptors (Lipinski definition) is 4. The van der Waals surface area contributed by atoms with Crippen LogP contribution in [-0.4, -0.2) is 30.3 Å². The minimum Gasteiger partial charge on any atom is -0.464 e. The first kappa shape index (κ1) is 19.9. The summed E-state index contributed by atoms with van der Waals surface area (Å²) in [5.41, 5.74) is 1.18. The number of Topliss-reactive ketones (excluding diaryl/α,β-unsaturated/α-hetero) is 1. The molecular weight excluding hydrogens is 306 g/mol. The number of ether oxygens (including phenoxy) is 1. The Balaban J connectivity index is 2.23. The summed E-state index contributed by atoms with van der Waals surface area (Å²) in [7, 11) is 0. The van der Waals surface area contributed by atoms with Gasteiger partial charge in [0.1, 0.15) is 11.8 Å². The molecule has 0 aliphatic rings. The van der Waals surface area contributed by atoms with Gasteiger partial charge in [-0.1, -0.05) is 44.2 Å². The van der Waals surface area contributed by atoms with Gasteiger partial charge in [0.05, 0.1) is 13.0 Å². The molecule has 5 heteroatoms. The predicted octanol–water partition coefficient (Wildman–Crippen LogP) is 2.67. The first-order valence-electron chi connectivity index (χ1n) is 8.40. The van der Waals surface area contributed by atoms with Crippen LogP contribution in [0.4, 0.5) is 0 Å². The van der Waals surface area contributed by atoms with Crippen LogP contribution in [-0.2, 0) is 25.5 Å². The summed E-state index contributed by atoms with van der Waals surface area (Å²) < 4.78 is 5.05. The molecule has 0 aliphatic heterocycles. The molecule has 1 atom stereocenters. The number of hydrogen-bond donors (Lipinski definition) is 1. The fourth-order valence-electron chi connectivity index (χ4n) is 2.13. The Kier molecular flexibility index (Phi) is 8.76. The van der Waals surface area contributed by atoms with Gasteiger partial charge in [-0.3, -0.25) is 9.59 Å². The molecule has 0 heterocycles. The molecule has 0 bridgehead atoms. The van der Waals surface area contributed by atoms with Crippen molar-refractivity contribution in [2.75, 3.05) is 6.61 Å². The molecule has 0 radical (unpaired) electrons. The fraction of sp³-hybridized carbons (Fsp3) is 0.526. The van der Waals surface area contributed by atoms with Crippen LogP contribution in [0.3, 0.4) is 0 Å². The highest BCUT2D eigenvalue weighted by Crippen LogP contribution is 2.06. The zero-order chi connectivity index (χ0) is 17.9. The van der Waals surface area contributed by atoms with Crippen molar-refractivity contribution in [1.82, 2.24) is 5.32 Å². The van der Waals surface area contributed by atoms with Gasteiger partial charge in [-0.25, -0.2) is 4.79 Å². The molecule has 0 unspecified atom stereocenters. The third kappa shape index (κ3) is 8.46. The molecule has 0 saturated carbocycles. The van der Waals surface area contributed by atoms with Crippen molar-refractivity contribution >= 4 is 17.7 Å². The Labute approximate surface area is 143 Å². The zero-order valence-corrected chi connectivity index (χ0v) is 14.7. The van der Waals surface area contributed by atoms with Gasteiger partial charge in [0.2, 0.25) is 5.91 Å². The first-order valence-corrected chi connectivity index (χ1v) is 8.40. The van der Waals surface area contributed by atoms with Crippen LogP contribution in [0.5, 0.6) is 0 Å². The third-order valence-electron chi connectivity index (χ3n) is 3.41. The van der Waals surface area contributed by atoms with Gasteiger partial charge in [0.15, 0.2) is 0 Å². The maximum absolute atomic E-state index is 11.8. The molecule has 132 valence electrons. The Hall–Kier alpha value is -2.17. The van der Waals surface area contributed by atoms with E-state index in [9.17, 15) is 14.4 Å². The van der Waals surface area contributed by atoms with Gasteiger partial charge in [-0.05, 0) is 31.2 Å². The summed E-state index contributed by atoms with van der Waals surface area (Å²) >= 11 is 0. The van der Waals surface area contributed by atoms with E-state index in [1.807, 2.05) is 44.2 Å². The lowest BCUT2D eigenvalue weighted by Crippen LogP contribution is -2.40. The third-order valence-corrected chi connectivity index (χ3v) is 3.41. The number of nitrogens with one attached hydrogen (secondary N) is 1. The molecule has 24 heavy (non-hydrogen) atoms. The summed E-state index contributed by atoms with van der Waals surface area (Å²) in [4.78, 5) is 35.3. The maximum atomic E-state index is 11.8. The predicted molar refractivity (Wildman–Crippen MR) is 92.4 cm³/mol. The van der Waals surface area contributed by atoms with Crippen molar-refractivity contribution in [1.29, 1.82) is 0 Å². The van der Waals surface area contributed by atoms with Crippen molar-refractivity contribution in [3.05, 3.63) is 35.9 Å². The van der Waals surface area contributed by atoms with Crippen molar-refractivity contribution in [2.24, 2.45) is 5.92 Å². The maximum Gasteiger partial charge on any atom is 0.328 e. The quantitative estimate of drug-likeness (QED) is 0.528. The SMILES string of the molecule is CC(C)COC(=O)[C@H](C)NC(=O)CC(=O)CCCc1ccccc1. The van der Waals surface area contributed by atoms with Crippen LogP contribution in [0.15, 0.2) is 30.3 Å². The number of aryl methyl sites for hydroxylation is 1. The number of rotatable bonds is 10. The lowest BCUT2D eigenvalue weighted by molar-refractivity contribution is -0.148. The largest absolute Gasteiger partial charge is 0.464 e. The second-order valence-corrected chi connectivity index (χ2v) is 6.37. The standard InChI is InChI=1S/C19H27NO4/c1-14(2)13-24-19(23)15(3)20-18(22)12-17(21)11-7-10-16-8-5-4-6-9-16/h4-6,8-9,14-15H,7,10-13H2,1-3H3,(H,20,22)/t15-/m0/s1. The lowest BCUT2D eigenvalue weighted by atomic mass is 10.1. The first-order chi connectivity index (χ1) is 11.4. The molecule has 0 aliphatic carbocycles. The fourth-order valence-corrected chi connectivity index (χ4v) is 2.13. The molecule has 1 rings (SSSR count). The van der Waals surface area contributed by atoms with Gasteiger partial charge in [-0.2, -0.15) is 0 Å². The number of ketones is 1. The molecule has 0 fully saturated rings. The van der Waals surface area contributed by atoms with E-state index in [1.54, 1.807) is 6.92 Å². The van der Waals surface area contributed by atoms with E-state index >= 15 is 0 Å². The lowest BCUT2D eigenvalue weighted by Gasteiger charge is -2.14. The van der Waals surface area contributed by atoms with Crippen molar-refractivity contribution in [3.8, 4) is 0 Å². The summed E-state index contributed by atoms with van der Waals surface area (Å²) in [6.07, 6.45) is 1.68. The Bertz CT molecular complexity index is 540. The Morgan fingerprint density at radius 2 is 1.75 bits per heavy atom. The van der Waals surface area contributed by atoms with Crippen molar-refractivity contribution in [2.45, 2.75) is 52.5 Å². The summed E-state index contributed by atoms with van der Waals surface area (Å²) in [6.45, 7) is 5.74. The van der Waals surface area contributed by atoms with Crippen LogP contribution in [0.1, 0.15) is 45.6 Å². The average Bonchev–Trinajstić information content (AvgIpc) is 2.53. The van der Waals surface area contributed by atoms with Crippen LogP contribution in [0.2, 0.25) is 0 Å². The Morgan fingerprint density at radius 3 is 2.38 bits per heavy atom. The second kappa shape index (κ2) is 10.6. The van der Waals surface area contributed by atoms with Crippen LogP contribution < -0.4 is 5.32 Å². The number of carbonyl (C=O) groups is 3. The topological polar surface area (TPSA) is 72.5 Å². The van der Waals surface area contributed by atoms with E-state index in [1.165, 1.54) is 5.56 Å². The summed E-state index contributed by atoms with van der Waals surface area (Å²) in [6, 6.07) is 9.16. The number of carbonyl (C=O) groups excluding carboxylic acids is 3.